The molecule has 3 heterocycles. The molecule has 0 bridgehead atoms. The van der Waals surface area contributed by atoms with Crippen molar-refractivity contribution in [1.82, 2.24) is 19.8 Å². The maximum absolute atomic E-state index is 12.7. The fraction of sp³-hybridized carbons (Fsp3) is 0.640. The first-order valence-corrected chi connectivity index (χ1v) is 13.3. The topological polar surface area (TPSA) is 67.2 Å². The summed E-state index contributed by atoms with van der Waals surface area (Å²) in [6.07, 6.45) is 0.929. The molecular formula is C25H33F3N4O2S. The van der Waals surface area contributed by atoms with Gasteiger partial charge in [0.15, 0.2) is 0 Å². The van der Waals surface area contributed by atoms with E-state index in [0.29, 0.717) is 23.2 Å². The Balaban J connectivity index is 1.20. The van der Waals surface area contributed by atoms with Crippen LogP contribution in [-0.2, 0) is 25.9 Å². The molecule has 0 radical (unpaired) electrons. The van der Waals surface area contributed by atoms with Gasteiger partial charge in [0.1, 0.15) is 5.69 Å². The second kappa shape index (κ2) is 11.2. The Morgan fingerprint density at radius 2 is 2.00 bits per heavy atom. The van der Waals surface area contributed by atoms with Crippen molar-refractivity contribution in [2.75, 3.05) is 13.1 Å². The number of alkyl halides is 3. The van der Waals surface area contributed by atoms with E-state index in [1.165, 1.54) is 22.0 Å². The molecular weight excluding hydrogens is 477 g/mol. The third-order valence-electron chi connectivity index (χ3n) is 7.11. The Morgan fingerprint density at radius 3 is 2.71 bits per heavy atom. The number of carbonyl (C=O) groups excluding carboxylic acids is 1. The highest BCUT2D eigenvalue weighted by Crippen LogP contribution is 2.31. The van der Waals surface area contributed by atoms with Crippen LogP contribution in [0.25, 0.3) is 0 Å². The van der Waals surface area contributed by atoms with Crippen molar-refractivity contribution in [3.05, 3.63) is 49.8 Å². The third kappa shape index (κ3) is 6.94. The molecule has 4 rings (SSSR count). The zero-order chi connectivity index (χ0) is 25.0. The Morgan fingerprint density at radius 1 is 1.23 bits per heavy atom. The fourth-order valence-electron chi connectivity index (χ4n) is 5.12. The van der Waals surface area contributed by atoms with Gasteiger partial charge in [-0.15, -0.1) is 11.3 Å². The average Bonchev–Trinajstić information content (AvgIpc) is 3.24. The van der Waals surface area contributed by atoms with E-state index >= 15 is 0 Å². The normalized spacial score (nSPS) is 21.0. The summed E-state index contributed by atoms with van der Waals surface area (Å²) in [7, 11) is 0. The van der Waals surface area contributed by atoms with Gasteiger partial charge in [-0.05, 0) is 64.0 Å². The number of halogens is 3. The van der Waals surface area contributed by atoms with Gasteiger partial charge in [0.05, 0.1) is 10.7 Å². The van der Waals surface area contributed by atoms with Crippen molar-refractivity contribution in [2.45, 2.75) is 83.6 Å². The van der Waals surface area contributed by atoms with Crippen LogP contribution in [0.2, 0.25) is 0 Å². The molecule has 2 aliphatic rings. The molecule has 2 aromatic heterocycles. The van der Waals surface area contributed by atoms with E-state index in [0.717, 1.165) is 68.7 Å². The SMILES string of the molecule is CCn1c(C(=O)N[C@H]2CC[C@H](CCN3CCc4sc(CCC(F)(F)F)nc4C3)CC2)cccc1=O. The quantitative estimate of drug-likeness (QED) is 0.566. The summed E-state index contributed by atoms with van der Waals surface area (Å²) in [6, 6.07) is 4.91. The first-order chi connectivity index (χ1) is 16.7. The number of hydrogen-bond donors (Lipinski definition) is 1. The molecule has 6 nitrogen and oxygen atoms in total. The summed E-state index contributed by atoms with van der Waals surface area (Å²) in [6.45, 7) is 4.93. The predicted molar refractivity (Wildman–Crippen MR) is 130 cm³/mol. The highest BCUT2D eigenvalue weighted by atomic mass is 32.1. The van der Waals surface area contributed by atoms with Crippen molar-refractivity contribution in [3.8, 4) is 0 Å². The Kier molecular flexibility index (Phi) is 8.31. The van der Waals surface area contributed by atoms with Crippen LogP contribution >= 0.6 is 11.3 Å². The van der Waals surface area contributed by atoms with Crippen LogP contribution < -0.4 is 10.9 Å². The molecule has 1 saturated carbocycles. The van der Waals surface area contributed by atoms with Crippen molar-refractivity contribution in [2.24, 2.45) is 5.92 Å². The summed E-state index contributed by atoms with van der Waals surface area (Å²) in [5, 5.41) is 3.71. The van der Waals surface area contributed by atoms with E-state index in [2.05, 4.69) is 15.2 Å². The number of rotatable bonds is 8. The molecule has 10 heteroatoms. The minimum Gasteiger partial charge on any atom is -0.348 e. The Hall–Kier alpha value is -2.20. The maximum atomic E-state index is 12.7. The molecule has 0 spiro atoms. The Bertz CT molecular complexity index is 1070. The Labute approximate surface area is 207 Å². The number of carbonyl (C=O) groups is 1. The summed E-state index contributed by atoms with van der Waals surface area (Å²) in [5.41, 5.74) is 1.20. The van der Waals surface area contributed by atoms with Crippen LogP contribution in [0.4, 0.5) is 13.2 Å². The van der Waals surface area contributed by atoms with Crippen LogP contribution in [0.15, 0.2) is 23.0 Å². The first-order valence-electron chi connectivity index (χ1n) is 12.5. The number of pyridine rings is 1. The number of fused-ring (bicyclic) bond motifs is 1. The number of amides is 1. The van der Waals surface area contributed by atoms with Gasteiger partial charge in [0, 0.05) is 49.5 Å². The summed E-state index contributed by atoms with van der Waals surface area (Å²) in [5.74, 6) is 0.419. The summed E-state index contributed by atoms with van der Waals surface area (Å²) in [4.78, 5) is 32.7. The van der Waals surface area contributed by atoms with Gasteiger partial charge in [-0.2, -0.15) is 13.2 Å². The minimum atomic E-state index is -4.14. The standard InChI is InChI=1S/C25H33F3N4O2S/c1-2-32-20(4-3-5-23(32)33)24(34)29-18-8-6-17(7-9-18)11-14-31-15-12-21-19(16-31)30-22(35-21)10-13-25(26,27)28/h3-5,17-18H,2,6-16H2,1H3,(H,29,34)/t17-,18-. The van der Waals surface area contributed by atoms with Crippen molar-refractivity contribution in [1.29, 1.82) is 0 Å². The zero-order valence-corrected chi connectivity index (χ0v) is 20.9. The lowest BCUT2D eigenvalue weighted by Crippen LogP contribution is -2.40. The van der Waals surface area contributed by atoms with Gasteiger partial charge >= 0.3 is 6.18 Å². The summed E-state index contributed by atoms with van der Waals surface area (Å²) >= 11 is 1.44. The molecule has 35 heavy (non-hydrogen) atoms. The molecule has 1 aliphatic heterocycles. The van der Waals surface area contributed by atoms with Gasteiger partial charge in [-0.3, -0.25) is 14.5 Å². The minimum absolute atomic E-state index is 0.0261. The number of hydrogen-bond acceptors (Lipinski definition) is 5. The van der Waals surface area contributed by atoms with Crippen LogP contribution in [-0.4, -0.2) is 45.7 Å². The van der Waals surface area contributed by atoms with E-state index < -0.39 is 12.6 Å². The zero-order valence-electron chi connectivity index (χ0n) is 20.1. The average molecular weight is 511 g/mol. The lowest BCUT2D eigenvalue weighted by molar-refractivity contribution is -0.134. The van der Waals surface area contributed by atoms with Crippen LogP contribution in [0.5, 0.6) is 0 Å². The van der Waals surface area contributed by atoms with E-state index in [1.807, 2.05) is 6.92 Å². The monoisotopic (exact) mass is 510 g/mol. The van der Waals surface area contributed by atoms with E-state index in [4.69, 9.17) is 0 Å². The van der Waals surface area contributed by atoms with E-state index in [1.54, 1.807) is 12.1 Å². The maximum Gasteiger partial charge on any atom is 0.389 e. The number of aryl methyl sites for hydroxylation is 1. The van der Waals surface area contributed by atoms with Crippen LogP contribution in [0.3, 0.4) is 0 Å². The number of nitrogens with zero attached hydrogens (tertiary/aromatic N) is 3. The molecule has 0 atom stereocenters. The molecule has 1 amide bonds. The fourth-order valence-corrected chi connectivity index (χ4v) is 6.18. The predicted octanol–water partition coefficient (Wildman–Crippen LogP) is 4.56. The van der Waals surface area contributed by atoms with Crippen molar-refractivity contribution < 1.29 is 18.0 Å². The number of thiazole rings is 1. The molecule has 0 aromatic carbocycles. The van der Waals surface area contributed by atoms with E-state index in [-0.39, 0.29) is 23.9 Å². The van der Waals surface area contributed by atoms with Crippen molar-refractivity contribution >= 4 is 17.2 Å². The molecule has 0 saturated heterocycles. The third-order valence-corrected chi connectivity index (χ3v) is 8.32. The molecule has 0 unspecified atom stereocenters. The van der Waals surface area contributed by atoms with Crippen molar-refractivity contribution in [3.63, 3.8) is 0 Å². The van der Waals surface area contributed by atoms with E-state index in [9.17, 15) is 22.8 Å². The second-order valence-corrected chi connectivity index (χ2v) is 10.8. The molecule has 1 N–H and O–H groups in total. The highest BCUT2D eigenvalue weighted by Gasteiger charge is 2.29. The molecule has 1 aliphatic carbocycles. The molecule has 192 valence electrons. The highest BCUT2D eigenvalue weighted by molar-refractivity contribution is 7.11. The lowest BCUT2D eigenvalue weighted by atomic mass is 9.84. The number of nitrogens with one attached hydrogen (secondary N) is 1. The van der Waals surface area contributed by atoms with Gasteiger partial charge in [0.2, 0.25) is 0 Å². The second-order valence-electron chi connectivity index (χ2n) is 9.59. The molecule has 1 fully saturated rings. The largest absolute Gasteiger partial charge is 0.389 e. The van der Waals surface area contributed by atoms with Gasteiger partial charge < -0.3 is 9.88 Å². The lowest BCUT2D eigenvalue weighted by Gasteiger charge is -2.32. The van der Waals surface area contributed by atoms with Crippen LogP contribution in [0.1, 0.15) is 71.5 Å². The van der Waals surface area contributed by atoms with Crippen LogP contribution in [0, 0.1) is 5.92 Å². The van der Waals surface area contributed by atoms with Gasteiger partial charge in [-0.25, -0.2) is 4.98 Å². The van der Waals surface area contributed by atoms with Gasteiger partial charge in [0.25, 0.3) is 11.5 Å². The summed E-state index contributed by atoms with van der Waals surface area (Å²) < 4.78 is 39.0. The number of aromatic nitrogens is 2. The first kappa shape index (κ1) is 25.9. The smallest absolute Gasteiger partial charge is 0.348 e. The van der Waals surface area contributed by atoms with Gasteiger partial charge in [-0.1, -0.05) is 6.07 Å². The molecule has 2 aromatic rings.